The van der Waals surface area contributed by atoms with Crippen molar-refractivity contribution in [3.63, 3.8) is 0 Å². The van der Waals surface area contributed by atoms with Crippen LogP contribution in [0.25, 0.3) is 0 Å². The summed E-state index contributed by atoms with van der Waals surface area (Å²) in [5.41, 5.74) is -1.73. The molecule has 2 unspecified atom stereocenters. The summed E-state index contributed by atoms with van der Waals surface area (Å²) in [5.74, 6) is 1.79. The Hall–Kier alpha value is -0.700. The van der Waals surface area contributed by atoms with E-state index in [1.54, 1.807) is 6.92 Å². The summed E-state index contributed by atoms with van der Waals surface area (Å²) in [7, 11) is 0. The average molecular weight is 377 g/mol. The molecular weight excluding hydrogens is 336 g/mol. The number of ketones is 2. The lowest BCUT2D eigenvalue weighted by atomic mass is 9.43. The van der Waals surface area contributed by atoms with Gasteiger partial charge in [-0.2, -0.15) is 0 Å². The first-order valence-corrected chi connectivity index (χ1v) is 11.1. The Kier molecular flexibility index (Phi) is 5.20. The highest BCUT2D eigenvalue weighted by molar-refractivity contribution is 5.93. The molecule has 0 saturated heterocycles. The smallest absolute Gasteiger partial charge is 0.162 e. The Bertz CT molecular complexity index is 623. The van der Waals surface area contributed by atoms with Gasteiger partial charge in [-0.05, 0) is 81.0 Å². The van der Waals surface area contributed by atoms with Gasteiger partial charge < -0.3 is 5.11 Å². The number of hydrogen-bond acceptors (Lipinski definition) is 3. The fourth-order valence-electron chi connectivity index (χ4n) is 7.90. The highest BCUT2D eigenvalue weighted by atomic mass is 16.3. The Morgan fingerprint density at radius 2 is 1.52 bits per heavy atom. The molecule has 3 aliphatic rings. The van der Waals surface area contributed by atoms with Crippen molar-refractivity contribution in [1.29, 1.82) is 0 Å². The van der Waals surface area contributed by atoms with E-state index in [0.717, 1.165) is 19.3 Å². The number of fused-ring (bicyclic) bond motifs is 3. The molecule has 154 valence electrons. The largest absolute Gasteiger partial charge is 0.381 e. The molecule has 3 saturated carbocycles. The topological polar surface area (TPSA) is 54.4 Å². The first-order valence-electron chi connectivity index (χ1n) is 11.1. The minimum Gasteiger partial charge on any atom is -0.381 e. The van der Waals surface area contributed by atoms with E-state index in [0.29, 0.717) is 41.4 Å². The maximum absolute atomic E-state index is 12.8. The van der Waals surface area contributed by atoms with Crippen LogP contribution < -0.4 is 0 Å². The van der Waals surface area contributed by atoms with Gasteiger partial charge in [0.05, 0.1) is 5.92 Å². The molecule has 0 aromatic carbocycles. The molecule has 3 heteroatoms. The summed E-state index contributed by atoms with van der Waals surface area (Å²) in [4.78, 5) is 25.3. The molecule has 0 amide bonds. The number of carbonyl (C=O) groups excluding carboxylic acids is 2. The molecule has 8 atom stereocenters. The van der Waals surface area contributed by atoms with Crippen LogP contribution in [0.4, 0.5) is 0 Å². The van der Waals surface area contributed by atoms with Gasteiger partial charge in [0.25, 0.3) is 0 Å². The van der Waals surface area contributed by atoms with Crippen molar-refractivity contribution in [2.24, 2.45) is 46.3 Å². The van der Waals surface area contributed by atoms with Gasteiger partial charge >= 0.3 is 0 Å². The number of hydrogen-bond donors (Lipinski definition) is 1. The van der Waals surface area contributed by atoms with Crippen LogP contribution in [0.1, 0.15) is 87.0 Å². The minimum atomic E-state index is -1.52. The van der Waals surface area contributed by atoms with E-state index >= 15 is 0 Å². The van der Waals surface area contributed by atoms with Crippen LogP contribution in [0.15, 0.2) is 0 Å². The quantitative estimate of drug-likeness (QED) is 0.734. The second-order valence-corrected chi connectivity index (χ2v) is 11.2. The summed E-state index contributed by atoms with van der Waals surface area (Å²) in [6.45, 7) is 14.7. The molecule has 0 aromatic heterocycles. The van der Waals surface area contributed by atoms with Crippen molar-refractivity contribution in [1.82, 2.24) is 0 Å². The van der Waals surface area contributed by atoms with Crippen LogP contribution in [0, 0.1) is 46.3 Å². The van der Waals surface area contributed by atoms with Gasteiger partial charge in [0.15, 0.2) is 5.78 Å². The molecule has 3 aliphatic carbocycles. The van der Waals surface area contributed by atoms with Crippen LogP contribution in [0.2, 0.25) is 0 Å². The van der Waals surface area contributed by atoms with Crippen molar-refractivity contribution < 1.29 is 14.7 Å². The molecule has 3 fully saturated rings. The van der Waals surface area contributed by atoms with Crippen molar-refractivity contribution in [2.45, 2.75) is 92.6 Å². The van der Waals surface area contributed by atoms with E-state index in [1.807, 2.05) is 0 Å². The maximum Gasteiger partial charge on any atom is 0.162 e. The van der Waals surface area contributed by atoms with E-state index in [1.165, 1.54) is 19.8 Å². The Labute approximate surface area is 165 Å². The predicted molar refractivity (Wildman–Crippen MR) is 108 cm³/mol. The molecule has 3 rings (SSSR count). The zero-order valence-electron chi connectivity index (χ0n) is 18.5. The van der Waals surface area contributed by atoms with Crippen molar-refractivity contribution in [2.75, 3.05) is 0 Å². The summed E-state index contributed by atoms with van der Waals surface area (Å²) < 4.78 is 0. The highest BCUT2D eigenvalue weighted by Crippen LogP contribution is 2.63. The van der Waals surface area contributed by atoms with Crippen LogP contribution in [0.3, 0.4) is 0 Å². The molecule has 0 aromatic rings. The molecule has 2 bridgehead atoms. The molecule has 0 aliphatic heterocycles. The lowest BCUT2D eigenvalue weighted by Gasteiger charge is -2.62. The van der Waals surface area contributed by atoms with Crippen LogP contribution in [0.5, 0.6) is 0 Å². The van der Waals surface area contributed by atoms with Crippen molar-refractivity contribution in [3.05, 3.63) is 0 Å². The molecule has 0 spiro atoms. The van der Waals surface area contributed by atoms with Crippen LogP contribution in [-0.2, 0) is 9.59 Å². The molecule has 3 nitrogen and oxygen atoms in total. The SMILES string of the molecule is CC(=O)C1C[C@@H](C)[C@H]2C[C@@H]3CC[C@@H](C)[C@H](CC[C@]2(C)C1(O)C(C)=O)C3(C)C. The predicted octanol–water partition coefficient (Wildman–Crippen LogP) is 5.05. The lowest BCUT2D eigenvalue weighted by Crippen LogP contribution is -2.67. The number of rotatable bonds is 2. The highest BCUT2D eigenvalue weighted by Gasteiger charge is 2.65. The fraction of sp³-hybridized carbons (Fsp3) is 0.917. The van der Waals surface area contributed by atoms with Gasteiger partial charge in [-0.15, -0.1) is 0 Å². The van der Waals surface area contributed by atoms with Gasteiger partial charge in [0, 0.05) is 5.41 Å². The monoisotopic (exact) mass is 376 g/mol. The molecule has 0 heterocycles. The third-order valence-electron chi connectivity index (χ3n) is 9.69. The molecule has 1 N–H and O–H groups in total. The molecule has 0 radical (unpaired) electrons. The van der Waals surface area contributed by atoms with Gasteiger partial charge in [0.2, 0.25) is 0 Å². The Morgan fingerprint density at radius 1 is 0.889 bits per heavy atom. The minimum absolute atomic E-state index is 0.0322. The zero-order valence-corrected chi connectivity index (χ0v) is 18.5. The van der Waals surface area contributed by atoms with Crippen LogP contribution in [-0.4, -0.2) is 22.3 Å². The summed E-state index contributed by atoms with van der Waals surface area (Å²) >= 11 is 0. The van der Waals surface area contributed by atoms with E-state index in [-0.39, 0.29) is 11.6 Å². The lowest BCUT2D eigenvalue weighted by molar-refractivity contribution is -0.208. The fourth-order valence-corrected chi connectivity index (χ4v) is 7.90. The molecular formula is C24H40O3. The third-order valence-corrected chi connectivity index (χ3v) is 9.69. The summed E-state index contributed by atoms with van der Waals surface area (Å²) in [6.07, 6.45) is 6.15. The standard InChI is InChI=1S/C24H40O3/c1-14-8-9-18-13-20-15(2)12-21(16(3)25)24(27,17(4)26)23(20,7)11-10-19(14)22(18,5)6/h14-15,18-21,27H,8-13H2,1-7H3/t14-,15-,18+,19+,20-,21?,23+,24?/m1/s1. The third kappa shape index (κ3) is 2.86. The average Bonchev–Trinajstić information content (AvgIpc) is 2.55. The molecule has 27 heavy (non-hydrogen) atoms. The normalized spacial score (nSPS) is 49.5. The number of Topliss-reactive ketones (excluding diaryl/α,β-unsaturated/α-hetero) is 2. The number of carbonyl (C=O) groups is 2. The summed E-state index contributed by atoms with van der Waals surface area (Å²) in [5, 5.41) is 11.9. The zero-order chi connectivity index (χ0) is 20.4. The second-order valence-electron chi connectivity index (χ2n) is 11.2. The summed E-state index contributed by atoms with van der Waals surface area (Å²) in [6, 6.07) is 0. The Balaban J connectivity index is 2.10. The second kappa shape index (κ2) is 6.68. The van der Waals surface area contributed by atoms with Gasteiger partial charge in [-0.3, -0.25) is 9.59 Å². The number of aliphatic hydroxyl groups is 1. The van der Waals surface area contributed by atoms with E-state index < -0.39 is 16.9 Å². The first kappa shape index (κ1) is 21.0. The van der Waals surface area contributed by atoms with Crippen molar-refractivity contribution >= 4 is 11.6 Å². The first-order chi connectivity index (χ1) is 12.4. The van der Waals surface area contributed by atoms with E-state index in [9.17, 15) is 14.7 Å². The van der Waals surface area contributed by atoms with E-state index in [2.05, 4.69) is 34.6 Å². The maximum atomic E-state index is 12.8. The van der Waals surface area contributed by atoms with Crippen LogP contribution >= 0.6 is 0 Å². The van der Waals surface area contributed by atoms with Gasteiger partial charge in [-0.25, -0.2) is 0 Å². The van der Waals surface area contributed by atoms with Crippen molar-refractivity contribution in [3.8, 4) is 0 Å². The van der Waals surface area contributed by atoms with Gasteiger partial charge in [0.1, 0.15) is 11.4 Å². The van der Waals surface area contributed by atoms with E-state index in [4.69, 9.17) is 0 Å². The Morgan fingerprint density at radius 3 is 2.07 bits per heavy atom. The van der Waals surface area contributed by atoms with Gasteiger partial charge in [-0.1, -0.05) is 41.0 Å².